The fourth-order valence-corrected chi connectivity index (χ4v) is 9.87. The number of fused-ring (bicyclic) bond motifs is 4. The Bertz CT molecular complexity index is 2570. The zero-order valence-electron chi connectivity index (χ0n) is 32.4. The van der Waals surface area contributed by atoms with Crippen molar-refractivity contribution in [3.63, 3.8) is 0 Å². The third kappa shape index (κ3) is 6.93. The van der Waals surface area contributed by atoms with Crippen molar-refractivity contribution in [1.29, 1.82) is 0 Å². The van der Waals surface area contributed by atoms with Crippen LogP contribution < -0.4 is 19.8 Å². The summed E-state index contributed by atoms with van der Waals surface area (Å²) in [4.78, 5) is 59.4. The lowest BCUT2D eigenvalue weighted by Crippen LogP contribution is -2.54. The van der Waals surface area contributed by atoms with Gasteiger partial charge in [0.25, 0.3) is 11.8 Å². The third-order valence-electron chi connectivity index (χ3n) is 12.2. The number of anilines is 2. The average molecular weight is 901 g/mol. The van der Waals surface area contributed by atoms with E-state index in [4.69, 9.17) is 32.7 Å². The minimum absolute atomic E-state index is 0.0711. The number of halogens is 8. The van der Waals surface area contributed by atoms with Crippen LogP contribution >= 0.6 is 23.2 Å². The molecule has 2 N–H and O–H groups in total. The average Bonchev–Trinajstić information content (AvgIpc) is 3.61. The van der Waals surface area contributed by atoms with Crippen LogP contribution in [-0.2, 0) is 36.9 Å². The Morgan fingerprint density at radius 1 is 0.806 bits per heavy atom. The maximum Gasteiger partial charge on any atom is 0.416 e. The van der Waals surface area contributed by atoms with Crippen LogP contribution in [0.4, 0.5) is 37.7 Å². The van der Waals surface area contributed by atoms with Gasteiger partial charge in [0.2, 0.25) is 11.8 Å². The number of phenols is 1. The van der Waals surface area contributed by atoms with E-state index in [-0.39, 0.29) is 46.1 Å². The first-order valence-corrected chi connectivity index (χ1v) is 19.7. The molecule has 2 aliphatic heterocycles. The van der Waals surface area contributed by atoms with Crippen LogP contribution in [0.25, 0.3) is 6.08 Å². The number of imide groups is 2. The number of aromatic hydroxyl groups is 1. The maximum atomic E-state index is 15.4. The molecule has 4 amide bonds. The Kier molecular flexibility index (Phi) is 10.6. The molecule has 2 heterocycles. The summed E-state index contributed by atoms with van der Waals surface area (Å²) in [5.41, 5.74) is -1.80. The summed E-state index contributed by atoms with van der Waals surface area (Å²) in [6.45, 7) is 0. The van der Waals surface area contributed by atoms with Crippen LogP contribution in [0.1, 0.15) is 35.1 Å². The molecule has 6 unspecified atom stereocenters. The lowest BCUT2D eigenvalue weighted by molar-refractivity contribution is -0.143. The summed E-state index contributed by atoms with van der Waals surface area (Å²) >= 11 is 12.6. The van der Waals surface area contributed by atoms with Crippen molar-refractivity contribution in [3.05, 3.63) is 129 Å². The molecule has 2 saturated heterocycles. The first-order valence-electron chi connectivity index (χ1n) is 19.0. The van der Waals surface area contributed by atoms with Crippen LogP contribution in [0.2, 0.25) is 10.0 Å². The normalized spacial score (nSPS) is 24.9. The van der Waals surface area contributed by atoms with Crippen molar-refractivity contribution >= 4 is 64.3 Å². The molecular weight excluding hydrogens is 867 g/mol. The van der Waals surface area contributed by atoms with Gasteiger partial charge in [-0.2, -0.15) is 31.4 Å². The Labute approximate surface area is 359 Å². The molecule has 8 rings (SSSR count). The summed E-state index contributed by atoms with van der Waals surface area (Å²) < 4.78 is 94.5. The fourth-order valence-electron chi connectivity index (χ4n) is 9.42. The molecule has 322 valence electrons. The van der Waals surface area contributed by atoms with Gasteiger partial charge in [-0.3, -0.25) is 24.6 Å². The molecule has 1 saturated carbocycles. The molecule has 0 aromatic heterocycles. The Balaban J connectivity index is 1.30. The Morgan fingerprint density at radius 3 is 2.10 bits per heavy atom. The number of alkyl halides is 6. The number of hydrogen-bond donors (Lipinski definition) is 2. The summed E-state index contributed by atoms with van der Waals surface area (Å²) in [6.07, 6.45) is -5.99. The van der Waals surface area contributed by atoms with E-state index in [1.807, 2.05) is 0 Å². The number of hydrazine groups is 1. The molecule has 0 bridgehead atoms. The molecule has 10 nitrogen and oxygen atoms in total. The number of nitrogens with zero attached hydrogens (tertiary/aromatic N) is 2. The van der Waals surface area contributed by atoms with Gasteiger partial charge in [0, 0.05) is 10.9 Å². The predicted octanol–water partition coefficient (Wildman–Crippen LogP) is 9.49. The summed E-state index contributed by atoms with van der Waals surface area (Å²) in [7, 11) is 2.80. The molecule has 4 aromatic carbocycles. The zero-order chi connectivity index (χ0) is 44.6. The number of ether oxygens (including phenoxy) is 2. The van der Waals surface area contributed by atoms with E-state index in [2.05, 4.69) is 5.43 Å². The predicted molar refractivity (Wildman–Crippen MR) is 214 cm³/mol. The third-order valence-corrected chi connectivity index (χ3v) is 12.7. The number of benzene rings is 4. The monoisotopic (exact) mass is 899 g/mol. The molecule has 4 aromatic rings. The van der Waals surface area contributed by atoms with Crippen molar-refractivity contribution in [2.24, 2.45) is 29.6 Å². The number of carbonyl (C=O) groups is 4. The van der Waals surface area contributed by atoms with E-state index in [9.17, 15) is 45.8 Å². The van der Waals surface area contributed by atoms with Gasteiger partial charge >= 0.3 is 12.4 Å². The van der Waals surface area contributed by atoms with Gasteiger partial charge in [-0.15, -0.1) is 0 Å². The SMILES string of the molecule is COc1ccc(C23C(=O)N(Nc4ccc(Cl)cc4Cl)C(=O)C2CC2C(=CCC4C(=O)N(c5cc(C(F)(F)F)cc(C(F)(F)F)c5)C(=O)C42)C3C=Cc2ccc(O)c(OC)c2)cc1. The van der Waals surface area contributed by atoms with Gasteiger partial charge in [0.05, 0.1) is 64.9 Å². The quantitative estimate of drug-likeness (QED) is 0.102. The van der Waals surface area contributed by atoms with Crippen LogP contribution in [0.3, 0.4) is 0 Å². The van der Waals surface area contributed by atoms with Gasteiger partial charge in [0.15, 0.2) is 11.5 Å². The zero-order valence-corrected chi connectivity index (χ0v) is 33.9. The molecule has 4 aliphatic rings. The van der Waals surface area contributed by atoms with Gasteiger partial charge in [0.1, 0.15) is 5.75 Å². The molecule has 3 fully saturated rings. The molecule has 6 atom stereocenters. The number of allylic oxidation sites excluding steroid dienone is 3. The number of hydrogen-bond acceptors (Lipinski definition) is 8. The number of methoxy groups -OCH3 is 2. The standard InChI is InChI=1S/C44H33Cl2F6N3O7/c1-61-27-8-5-22(6-9-27)42-31(12-3-21-4-14-35(56)36(15-21)62-2)28-10-11-29-37(30(28)20-32(42)39(58)55(41(42)60)53-34-13-7-25(45)19-33(34)46)40(59)54(38(29)57)26-17-23(43(47,48)49)16-24(18-26)44(50,51)52/h3-10,12-19,29-32,37,53,56H,11,20H2,1-2H3. The second-order valence-corrected chi connectivity index (χ2v) is 16.2. The maximum absolute atomic E-state index is 15.4. The van der Waals surface area contributed by atoms with E-state index in [0.717, 1.165) is 5.01 Å². The Hall–Kier alpha value is -6.00. The van der Waals surface area contributed by atoms with Gasteiger partial charge in [-0.25, -0.2) is 4.90 Å². The first kappa shape index (κ1) is 42.7. The van der Waals surface area contributed by atoms with Crippen LogP contribution in [0.15, 0.2) is 96.6 Å². The number of rotatable bonds is 8. The second kappa shape index (κ2) is 15.4. The second-order valence-electron chi connectivity index (χ2n) is 15.3. The highest BCUT2D eigenvalue weighted by Gasteiger charge is 2.69. The summed E-state index contributed by atoms with van der Waals surface area (Å²) in [5, 5.41) is 11.5. The number of amides is 4. The minimum atomic E-state index is -5.26. The van der Waals surface area contributed by atoms with Crippen molar-refractivity contribution < 1.29 is 60.1 Å². The minimum Gasteiger partial charge on any atom is -0.504 e. The first-order chi connectivity index (χ1) is 29.3. The lowest BCUT2D eigenvalue weighted by atomic mass is 9.50. The molecule has 0 radical (unpaired) electrons. The lowest BCUT2D eigenvalue weighted by Gasteiger charge is -2.49. The molecule has 2 aliphatic carbocycles. The molecule has 18 heteroatoms. The molecule has 0 spiro atoms. The van der Waals surface area contributed by atoms with E-state index in [1.165, 1.54) is 44.6 Å². The van der Waals surface area contributed by atoms with Crippen molar-refractivity contribution in [2.75, 3.05) is 24.5 Å². The van der Waals surface area contributed by atoms with Crippen molar-refractivity contribution in [1.82, 2.24) is 5.01 Å². The van der Waals surface area contributed by atoms with E-state index < -0.39 is 87.8 Å². The number of phenolic OH excluding ortho intramolecular Hbond substituents is 1. The van der Waals surface area contributed by atoms with E-state index >= 15 is 4.79 Å². The van der Waals surface area contributed by atoms with Gasteiger partial charge in [-0.05, 0) is 90.6 Å². The highest BCUT2D eigenvalue weighted by molar-refractivity contribution is 6.36. The number of carbonyl (C=O) groups excluding carboxylic acids is 4. The van der Waals surface area contributed by atoms with Gasteiger partial charge < -0.3 is 14.6 Å². The Morgan fingerprint density at radius 2 is 1.48 bits per heavy atom. The van der Waals surface area contributed by atoms with Crippen LogP contribution in [0, 0.1) is 29.6 Å². The van der Waals surface area contributed by atoms with E-state index in [0.29, 0.717) is 39.5 Å². The number of nitrogens with one attached hydrogen (secondary N) is 1. The fraction of sp³-hybridized carbons (Fsp3) is 0.273. The smallest absolute Gasteiger partial charge is 0.416 e. The van der Waals surface area contributed by atoms with Gasteiger partial charge in [-0.1, -0.05) is 65.2 Å². The topological polar surface area (TPSA) is 125 Å². The highest BCUT2D eigenvalue weighted by Crippen LogP contribution is 2.62. The largest absolute Gasteiger partial charge is 0.504 e. The summed E-state index contributed by atoms with van der Waals surface area (Å²) in [5.74, 6) is -9.08. The molecule has 62 heavy (non-hydrogen) atoms. The van der Waals surface area contributed by atoms with Crippen LogP contribution in [0.5, 0.6) is 17.2 Å². The van der Waals surface area contributed by atoms with Crippen molar-refractivity contribution in [3.8, 4) is 17.2 Å². The van der Waals surface area contributed by atoms with Crippen LogP contribution in [-0.4, -0.2) is 48.0 Å². The highest BCUT2D eigenvalue weighted by atomic mass is 35.5. The summed E-state index contributed by atoms with van der Waals surface area (Å²) in [6, 6.07) is 15.9. The van der Waals surface area contributed by atoms with Crippen molar-refractivity contribution in [2.45, 2.75) is 30.6 Å². The van der Waals surface area contributed by atoms with E-state index in [1.54, 1.807) is 48.6 Å². The molecular formula is C44H33Cl2F6N3O7.